The summed E-state index contributed by atoms with van der Waals surface area (Å²) in [7, 11) is 0. The lowest BCUT2D eigenvalue weighted by Crippen LogP contribution is -2.09. The third-order valence-corrected chi connectivity index (χ3v) is 4.52. The van der Waals surface area contributed by atoms with Gasteiger partial charge in [-0.3, -0.25) is 4.79 Å². The lowest BCUT2D eigenvalue weighted by molar-refractivity contribution is 0.0978. The van der Waals surface area contributed by atoms with Crippen molar-refractivity contribution in [1.82, 2.24) is 0 Å². The van der Waals surface area contributed by atoms with Crippen molar-refractivity contribution < 1.29 is 14.3 Å². The molecular weight excluding hydrogens is 312 g/mol. The van der Waals surface area contributed by atoms with Gasteiger partial charge < -0.3 is 9.47 Å². The van der Waals surface area contributed by atoms with Crippen molar-refractivity contribution in [2.75, 3.05) is 13.2 Å². The second kappa shape index (κ2) is 7.08. The summed E-state index contributed by atoms with van der Waals surface area (Å²) in [5.74, 6) is 0.765. The Balaban J connectivity index is 1.48. The molecular formula is C22H20O3. The van der Waals surface area contributed by atoms with Gasteiger partial charge in [0.1, 0.15) is 18.5 Å². The number of benzene rings is 3. The molecule has 0 spiro atoms. The van der Waals surface area contributed by atoms with Gasteiger partial charge in [-0.25, -0.2) is 0 Å². The number of carbonyl (C=O) groups excluding carboxylic acids is 1. The van der Waals surface area contributed by atoms with Gasteiger partial charge in [0.15, 0.2) is 5.78 Å². The third kappa shape index (κ3) is 3.72. The summed E-state index contributed by atoms with van der Waals surface area (Å²) in [6, 6.07) is 22.0. The van der Waals surface area contributed by atoms with Gasteiger partial charge in [0, 0.05) is 6.42 Å². The SMILES string of the molecule is O=C(CCc1cccc2ccccc12)c1ccccc1OCC1CO1. The zero-order chi connectivity index (χ0) is 17.1. The summed E-state index contributed by atoms with van der Waals surface area (Å²) in [6.45, 7) is 1.25. The largest absolute Gasteiger partial charge is 0.490 e. The predicted octanol–water partition coefficient (Wildman–Crippen LogP) is 4.43. The van der Waals surface area contributed by atoms with Crippen LogP contribution in [-0.4, -0.2) is 25.1 Å². The molecule has 0 aliphatic carbocycles. The lowest BCUT2D eigenvalue weighted by atomic mass is 9.98. The number of para-hydroxylation sites is 1. The van der Waals surface area contributed by atoms with E-state index in [4.69, 9.17) is 9.47 Å². The molecule has 1 heterocycles. The summed E-state index contributed by atoms with van der Waals surface area (Å²) >= 11 is 0. The quantitative estimate of drug-likeness (QED) is 0.474. The molecule has 0 amide bonds. The molecule has 1 saturated heterocycles. The first kappa shape index (κ1) is 15.9. The van der Waals surface area contributed by atoms with Crippen LogP contribution in [0.3, 0.4) is 0 Å². The van der Waals surface area contributed by atoms with Gasteiger partial charge in [0.2, 0.25) is 0 Å². The minimum Gasteiger partial charge on any atom is -0.490 e. The monoisotopic (exact) mass is 332 g/mol. The van der Waals surface area contributed by atoms with E-state index >= 15 is 0 Å². The number of hydrogen-bond acceptors (Lipinski definition) is 3. The van der Waals surface area contributed by atoms with E-state index in [1.54, 1.807) is 0 Å². The van der Waals surface area contributed by atoms with Crippen molar-refractivity contribution in [3.63, 3.8) is 0 Å². The molecule has 0 aromatic heterocycles. The van der Waals surface area contributed by atoms with Crippen LogP contribution >= 0.6 is 0 Å². The van der Waals surface area contributed by atoms with Gasteiger partial charge in [-0.15, -0.1) is 0 Å². The molecule has 1 unspecified atom stereocenters. The zero-order valence-corrected chi connectivity index (χ0v) is 14.0. The minimum atomic E-state index is 0.111. The first-order chi connectivity index (χ1) is 12.3. The Morgan fingerprint density at radius 2 is 1.76 bits per heavy atom. The van der Waals surface area contributed by atoms with Crippen LogP contribution < -0.4 is 4.74 Å². The Morgan fingerprint density at radius 3 is 2.64 bits per heavy atom. The molecule has 25 heavy (non-hydrogen) atoms. The standard InChI is InChI=1S/C22H20O3/c23-21(20-10-3-4-11-22(20)25-15-18-14-24-18)13-12-17-8-5-7-16-6-1-2-9-19(16)17/h1-11,18H,12-15H2. The number of carbonyl (C=O) groups is 1. The van der Waals surface area contributed by atoms with Crippen LogP contribution in [0.25, 0.3) is 10.8 Å². The van der Waals surface area contributed by atoms with Crippen molar-refractivity contribution in [2.24, 2.45) is 0 Å². The molecule has 0 N–H and O–H groups in total. The maximum absolute atomic E-state index is 12.7. The first-order valence-electron chi connectivity index (χ1n) is 8.64. The maximum Gasteiger partial charge on any atom is 0.166 e. The van der Waals surface area contributed by atoms with E-state index in [9.17, 15) is 4.79 Å². The zero-order valence-electron chi connectivity index (χ0n) is 14.0. The van der Waals surface area contributed by atoms with Crippen molar-refractivity contribution in [2.45, 2.75) is 18.9 Å². The summed E-state index contributed by atoms with van der Waals surface area (Å²) < 4.78 is 10.9. The van der Waals surface area contributed by atoms with Gasteiger partial charge in [0.25, 0.3) is 0 Å². The molecule has 4 rings (SSSR count). The minimum absolute atomic E-state index is 0.111. The molecule has 3 heteroatoms. The van der Waals surface area contributed by atoms with Crippen LogP contribution in [0.5, 0.6) is 5.75 Å². The number of epoxide rings is 1. The van der Waals surface area contributed by atoms with Gasteiger partial charge in [-0.05, 0) is 34.9 Å². The van der Waals surface area contributed by atoms with Crippen LogP contribution in [0.15, 0.2) is 66.7 Å². The average Bonchev–Trinajstić information content (AvgIpc) is 3.49. The van der Waals surface area contributed by atoms with E-state index in [2.05, 4.69) is 30.3 Å². The summed E-state index contributed by atoms with van der Waals surface area (Å²) in [5.41, 5.74) is 1.86. The fourth-order valence-electron chi connectivity index (χ4n) is 3.06. The van der Waals surface area contributed by atoms with E-state index < -0.39 is 0 Å². The lowest BCUT2D eigenvalue weighted by Gasteiger charge is -2.10. The molecule has 1 aliphatic heterocycles. The number of aryl methyl sites for hydroxylation is 1. The van der Waals surface area contributed by atoms with Gasteiger partial charge in [-0.1, -0.05) is 54.6 Å². The Kier molecular flexibility index (Phi) is 4.49. The molecule has 126 valence electrons. The smallest absolute Gasteiger partial charge is 0.166 e. The number of rotatable bonds is 7. The summed E-state index contributed by atoms with van der Waals surface area (Å²) in [6.07, 6.45) is 1.37. The normalized spacial score (nSPS) is 15.9. The van der Waals surface area contributed by atoms with Crippen LogP contribution in [0.4, 0.5) is 0 Å². The van der Waals surface area contributed by atoms with Crippen molar-refractivity contribution >= 4 is 16.6 Å². The molecule has 0 saturated carbocycles. The highest BCUT2D eigenvalue weighted by Crippen LogP contribution is 2.24. The van der Waals surface area contributed by atoms with Crippen molar-refractivity contribution in [1.29, 1.82) is 0 Å². The number of Topliss-reactive ketones (excluding diaryl/α,β-unsaturated/α-hetero) is 1. The van der Waals surface area contributed by atoms with Crippen LogP contribution in [0.1, 0.15) is 22.3 Å². The predicted molar refractivity (Wildman–Crippen MR) is 98.3 cm³/mol. The van der Waals surface area contributed by atoms with Crippen LogP contribution in [-0.2, 0) is 11.2 Å². The Hall–Kier alpha value is -2.65. The van der Waals surface area contributed by atoms with Crippen molar-refractivity contribution in [3.05, 3.63) is 77.9 Å². The van der Waals surface area contributed by atoms with E-state index in [-0.39, 0.29) is 11.9 Å². The molecule has 1 atom stereocenters. The molecule has 1 aliphatic rings. The molecule has 0 bridgehead atoms. The number of fused-ring (bicyclic) bond motifs is 1. The highest BCUT2D eigenvalue weighted by Gasteiger charge is 2.24. The molecule has 3 nitrogen and oxygen atoms in total. The van der Waals surface area contributed by atoms with E-state index in [1.807, 2.05) is 36.4 Å². The van der Waals surface area contributed by atoms with E-state index in [0.717, 1.165) is 13.0 Å². The van der Waals surface area contributed by atoms with Crippen molar-refractivity contribution in [3.8, 4) is 5.75 Å². The molecule has 3 aromatic rings. The molecule has 3 aromatic carbocycles. The Labute approximate surface area is 147 Å². The maximum atomic E-state index is 12.7. The summed E-state index contributed by atoms with van der Waals surface area (Å²) in [4.78, 5) is 12.7. The average molecular weight is 332 g/mol. The van der Waals surface area contributed by atoms with Crippen LogP contribution in [0, 0.1) is 0 Å². The second-order valence-corrected chi connectivity index (χ2v) is 6.32. The number of ketones is 1. The first-order valence-corrected chi connectivity index (χ1v) is 8.64. The van der Waals surface area contributed by atoms with Gasteiger partial charge in [-0.2, -0.15) is 0 Å². The molecule has 0 radical (unpaired) electrons. The Morgan fingerprint density at radius 1 is 1.00 bits per heavy atom. The fraction of sp³-hybridized carbons (Fsp3) is 0.227. The van der Waals surface area contributed by atoms with E-state index in [0.29, 0.717) is 24.3 Å². The third-order valence-electron chi connectivity index (χ3n) is 4.52. The van der Waals surface area contributed by atoms with Gasteiger partial charge in [0.05, 0.1) is 12.2 Å². The highest BCUT2D eigenvalue weighted by molar-refractivity contribution is 5.99. The second-order valence-electron chi connectivity index (χ2n) is 6.32. The summed E-state index contributed by atoms with van der Waals surface area (Å²) in [5, 5.41) is 2.42. The highest BCUT2D eigenvalue weighted by atomic mass is 16.6. The fourth-order valence-corrected chi connectivity index (χ4v) is 3.06. The van der Waals surface area contributed by atoms with Gasteiger partial charge >= 0.3 is 0 Å². The number of hydrogen-bond donors (Lipinski definition) is 0. The Bertz CT molecular complexity index is 891. The molecule has 1 fully saturated rings. The van der Waals surface area contributed by atoms with E-state index in [1.165, 1.54) is 16.3 Å². The number of ether oxygens (including phenoxy) is 2. The van der Waals surface area contributed by atoms with Crippen LogP contribution in [0.2, 0.25) is 0 Å². The topological polar surface area (TPSA) is 38.8 Å².